The van der Waals surface area contributed by atoms with Gasteiger partial charge in [0, 0.05) is 19.4 Å². The molecular weight excluding hydrogens is 250 g/mol. The second kappa shape index (κ2) is 6.86. The van der Waals surface area contributed by atoms with Crippen LogP contribution in [0.15, 0.2) is 10.9 Å². The van der Waals surface area contributed by atoms with Crippen LogP contribution in [0.1, 0.15) is 38.9 Å². The molecule has 0 spiro atoms. The van der Waals surface area contributed by atoms with Gasteiger partial charge in [-0.15, -0.1) is 0 Å². The van der Waals surface area contributed by atoms with Crippen LogP contribution in [0.5, 0.6) is 0 Å². The third kappa shape index (κ3) is 4.04. The first kappa shape index (κ1) is 15.1. The highest BCUT2D eigenvalue weighted by Crippen LogP contribution is 2.30. The Morgan fingerprint density at radius 2 is 2.11 bits per heavy atom. The zero-order valence-electron chi connectivity index (χ0n) is 11.2. The van der Waals surface area contributed by atoms with Crippen LogP contribution in [0, 0.1) is 5.41 Å². The highest BCUT2D eigenvalue weighted by Gasteiger charge is 2.36. The normalized spacial score (nSPS) is 11.3. The lowest BCUT2D eigenvalue weighted by Crippen LogP contribution is -2.37. The van der Waals surface area contributed by atoms with Gasteiger partial charge in [-0.2, -0.15) is 4.98 Å². The molecular formula is C12H19N3O4. The molecule has 1 aromatic heterocycles. The predicted molar refractivity (Wildman–Crippen MR) is 66.3 cm³/mol. The second-order valence-corrected chi connectivity index (χ2v) is 4.42. The molecule has 0 unspecified atom stereocenters. The molecule has 106 valence electrons. The minimum atomic E-state index is -0.976. The number of carboxylic acid groups (broad SMARTS) is 1. The lowest BCUT2D eigenvalue weighted by molar-refractivity contribution is -0.152. The van der Waals surface area contributed by atoms with Gasteiger partial charge in [0.1, 0.15) is 0 Å². The van der Waals surface area contributed by atoms with Crippen molar-refractivity contribution in [2.75, 3.05) is 6.54 Å². The fraction of sp³-hybridized carbons (Fsp3) is 0.667. The summed E-state index contributed by atoms with van der Waals surface area (Å²) in [7, 11) is 0. The zero-order chi connectivity index (χ0) is 14.3. The van der Waals surface area contributed by atoms with Gasteiger partial charge in [0.05, 0.1) is 5.41 Å². The number of carboxylic acids is 1. The van der Waals surface area contributed by atoms with Crippen LogP contribution in [0.25, 0.3) is 0 Å². The number of rotatable bonds is 8. The summed E-state index contributed by atoms with van der Waals surface area (Å²) in [5.41, 5.74) is -0.976. The van der Waals surface area contributed by atoms with E-state index in [1.165, 1.54) is 6.39 Å². The smallest absolute Gasteiger partial charge is 0.310 e. The first-order valence-electron chi connectivity index (χ1n) is 6.29. The first-order valence-corrected chi connectivity index (χ1v) is 6.29. The predicted octanol–water partition coefficient (Wildman–Crippen LogP) is 1.01. The minimum Gasteiger partial charge on any atom is -0.481 e. The number of aromatic nitrogens is 2. The number of hydrogen-bond donors (Lipinski definition) is 2. The SMILES string of the molecule is CCC(CC)(CC(=O)NCCc1ncon1)C(=O)O. The van der Waals surface area contributed by atoms with E-state index in [1.807, 2.05) is 0 Å². The summed E-state index contributed by atoms with van der Waals surface area (Å²) in [6.45, 7) is 3.93. The van der Waals surface area contributed by atoms with E-state index in [0.29, 0.717) is 31.6 Å². The van der Waals surface area contributed by atoms with E-state index in [9.17, 15) is 14.7 Å². The van der Waals surface area contributed by atoms with Crippen LogP contribution < -0.4 is 5.32 Å². The Bertz CT molecular complexity index is 413. The molecule has 1 amide bonds. The van der Waals surface area contributed by atoms with Gasteiger partial charge in [0.25, 0.3) is 0 Å². The highest BCUT2D eigenvalue weighted by molar-refractivity contribution is 5.84. The summed E-state index contributed by atoms with van der Waals surface area (Å²) in [4.78, 5) is 26.9. The fourth-order valence-corrected chi connectivity index (χ4v) is 1.86. The average molecular weight is 269 g/mol. The van der Waals surface area contributed by atoms with E-state index in [-0.39, 0.29) is 12.3 Å². The maximum Gasteiger partial charge on any atom is 0.310 e. The lowest BCUT2D eigenvalue weighted by atomic mass is 9.79. The summed E-state index contributed by atoms with van der Waals surface area (Å²) in [5.74, 6) is -0.684. The molecule has 0 bridgehead atoms. The third-order valence-electron chi connectivity index (χ3n) is 3.38. The largest absolute Gasteiger partial charge is 0.481 e. The molecule has 1 aromatic rings. The number of carbonyl (C=O) groups excluding carboxylic acids is 1. The van der Waals surface area contributed by atoms with E-state index < -0.39 is 11.4 Å². The molecule has 0 fully saturated rings. The average Bonchev–Trinajstić information content (AvgIpc) is 2.89. The van der Waals surface area contributed by atoms with E-state index in [1.54, 1.807) is 13.8 Å². The van der Waals surface area contributed by atoms with Crippen molar-refractivity contribution in [3.63, 3.8) is 0 Å². The van der Waals surface area contributed by atoms with Crippen molar-refractivity contribution >= 4 is 11.9 Å². The number of carbonyl (C=O) groups is 2. The molecule has 0 aliphatic rings. The summed E-state index contributed by atoms with van der Waals surface area (Å²) >= 11 is 0. The number of aliphatic carboxylic acids is 1. The van der Waals surface area contributed by atoms with Crippen molar-refractivity contribution in [2.45, 2.75) is 39.5 Å². The summed E-state index contributed by atoms with van der Waals surface area (Å²) < 4.78 is 4.57. The van der Waals surface area contributed by atoms with Gasteiger partial charge in [-0.1, -0.05) is 19.0 Å². The van der Waals surface area contributed by atoms with Crippen LogP contribution in [0.2, 0.25) is 0 Å². The van der Waals surface area contributed by atoms with Gasteiger partial charge in [-0.25, -0.2) is 0 Å². The molecule has 0 aromatic carbocycles. The molecule has 0 aliphatic heterocycles. The van der Waals surface area contributed by atoms with Gasteiger partial charge in [0.2, 0.25) is 12.3 Å². The van der Waals surface area contributed by atoms with Crippen LogP contribution in [-0.2, 0) is 16.0 Å². The molecule has 7 heteroatoms. The maximum atomic E-state index is 11.8. The molecule has 0 saturated carbocycles. The monoisotopic (exact) mass is 269 g/mol. The van der Waals surface area contributed by atoms with E-state index in [4.69, 9.17) is 0 Å². The summed E-state index contributed by atoms with van der Waals surface area (Å²) in [5, 5.41) is 15.5. The molecule has 2 N–H and O–H groups in total. The molecule has 1 rings (SSSR count). The van der Waals surface area contributed by atoms with Crippen molar-refractivity contribution in [1.29, 1.82) is 0 Å². The maximum absolute atomic E-state index is 11.8. The zero-order valence-corrected chi connectivity index (χ0v) is 11.2. The first-order chi connectivity index (χ1) is 9.04. The Morgan fingerprint density at radius 3 is 2.58 bits per heavy atom. The van der Waals surface area contributed by atoms with Crippen molar-refractivity contribution < 1.29 is 19.2 Å². The third-order valence-corrected chi connectivity index (χ3v) is 3.38. The molecule has 1 heterocycles. The number of nitrogens with one attached hydrogen (secondary N) is 1. The van der Waals surface area contributed by atoms with Crippen LogP contribution in [-0.4, -0.2) is 33.7 Å². The number of amides is 1. The molecule has 19 heavy (non-hydrogen) atoms. The second-order valence-electron chi connectivity index (χ2n) is 4.42. The molecule has 0 saturated heterocycles. The number of hydrogen-bond acceptors (Lipinski definition) is 5. The van der Waals surface area contributed by atoms with Gasteiger partial charge >= 0.3 is 5.97 Å². The molecule has 7 nitrogen and oxygen atoms in total. The lowest BCUT2D eigenvalue weighted by Gasteiger charge is -2.25. The molecule has 0 aliphatic carbocycles. The highest BCUT2D eigenvalue weighted by atomic mass is 16.5. The summed E-state index contributed by atoms with van der Waals surface area (Å²) in [6, 6.07) is 0. The van der Waals surface area contributed by atoms with Gasteiger partial charge in [-0.05, 0) is 12.8 Å². The van der Waals surface area contributed by atoms with Crippen LogP contribution in [0.3, 0.4) is 0 Å². The summed E-state index contributed by atoms with van der Waals surface area (Å²) in [6.07, 6.45) is 2.52. The Labute approximate surface area is 111 Å². The van der Waals surface area contributed by atoms with Crippen LogP contribution in [0.4, 0.5) is 0 Å². The van der Waals surface area contributed by atoms with Crippen molar-refractivity contribution in [3.8, 4) is 0 Å². The van der Waals surface area contributed by atoms with E-state index >= 15 is 0 Å². The van der Waals surface area contributed by atoms with Gasteiger partial charge < -0.3 is 14.9 Å². The quantitative estimate of drug-likeness (QED) is 0.729. The topological polar surface area (TPSA) is 105 Å². The Kier molecular flexibility index (Phi) is 5.47. The van der Waals surface area contributed by atoms with Crippen molar-refractivity contribution in [3.05, 3.63) is 12.2 Å². The van der Waals surface area contributed by atoms with E-state index in [2.05, 4.69) is 20.0 Å². The minimum absolute atomic E-state index is 0.0123. The Hall–Kier alpha value is -1.92. The van der Waals surface area contributed by atoms with Gasteiger partial charge in [0.15, 0.2) is 5.82 Å². The van der Waals surface area contributed by atoms with Gasteiger partial charge in [-0.3, -0.25) is 9.59 Å². The van der Waals surface area contributed by atoms with Crippen molar-refractivity contribution in [1.82, 2.24) is 15.5 Å². The molecule has 0 radical (unpaired) electrons. The van der Waals surface area contributed by atoms with E-state index in [0.717, 1.165) is 0 Å². The Balaban J connectivity index is 2.43. The fourth-order valence-electron chi connectivity index (χ4n) is 1.86. The number of nitrogens with zero attached hydrogens (tertiary/aromatic N) is 2. The standard InChI is InChI=1S/C12H19N3O4/c1-3-12(4-2,11(17)18)7-10(16)13-6-5-9-14-8-19-15-9/h8H,3-7H2,1-2H3,(H,13,16)(H,17,18). The van der Waals surface area contributed by atoms with Crippen molar-refractivity contribution in [2.24, 2.45) is 5.41 Å². The van der Waals surface area contributed by atoms with Crippen LogP contribution >= 0.6 is 0 Å². The Morgan fingerprint density at radius 1 is 1.42 bits per heavy atom. The molecule has 0 atom stereocenters.